The van der Waals surface area contributed by atoms with Gasteiger partial charge < -0.3 is 15.4 Å². The van der Waals surface area contributed by atoms with Crippen LogP contribution in [0.5, 0.6) is 0 Å². The number of ether oxygens (including phenoxy) is 1. The minimum absolute atomic E-state index is 0.175. The zero-order valence-corrected chi connectivity index (χ0v) is 11.4. The Labute approximate surface area is 104 Å². The molecule has 1 rings (SSSR count). The van der Waals surface area contributed by atoms with E-state index in [0.717, 1.165) is 32.4 Å². The Kier molecular flexibility index (Phi) is 5.25. The van der Waals surface area contributed by atoms with Crippen LogP contribution in [0.25, 0.3) is 0 Å². The molecule has 1 aliphatic heterocycles. The maximum atomic E-state index is 11.7. The Morgan fingerprint density at radius 3 is 2.41 bits per heavy atom. The first-order valence-corrected chi connectivity index (χ1v) is 6.57. The number of amides is 1. The summed E-state index contributed by atoms with van der Waals surface area (Å²) in [5.74, 6) is 0.704. The van der Waals surface area contributed by atoms with E-state index in [9.17, 15) is 4.79 Å². The zero-order chi connectivity index (χ0) is 12.9. The van der Waals surface area contributed by atoms with E-state index in [0.29, 0.717) is 24.5 Å². The topological polar surface area (TPSA) is 55.6 Å². The SMILES string of the molecule is CC(C)(C)C1CCN(C(=O)OCCCN)CC1. The standard InChI is InChI=1S/C13H26N2O2/c1-13(2,3)11-5-8-15(9-6-11)12(16)17-10-4-7-14/h11H,4-10,14H2,1-3H3. The lowest BCUT2D eigenvalue weighted by Gasteiger charge is -2.38. The first-order chi connectivity index (χ1) is 7.95. The van der Waals surface area contributed by atoms with Crippen LogP contribution in [0.3, 0.4) is 0 Å². The summed E-state index contributed by atoms with van der Waals surface area (Å²) in [4.78, 5) is 13.5. The highest BCUT2D eigenvalue weighted by molar-refractivity contribution is 5.67. The average molecular weight is 242 g/mol. The number of likely N-dealkylation sites (tertiary alicyclic amines) is 1. The van der Waals surface area contributed by atoms with Crippen molar-refractivity contribution in [2.24, 2.45) is 17.1 Å². The van der Waals surface area contributed by atoms with Gasteiger partial charge in [0.25, 0.3) is 0 Å². The van der Waals surface area contributed by atoms with Crippen molar-refractivity contribution in [2.45, 2.75) is 40.0 Å². The highest BCUT2D eigenvalue weighted by Gasteiger charge is 2.30. The molecule has 0 aromatic carbocycles. The Bertz CT molecular complexity index is 240. The molecule has 0 spiro atoms. The molecule has 0 aliphatic carbocycles. The van der Waals surface area contributed by atoms with Crippen LogP contribution in [0.15, 0.2) is 0 Å². The van der Waals surface area contributed by atoms with Gasteiger partial charge in [0.1, 0.15) is 0 Å². The summed E-state index contributed by atoms with van der Waals surface area (Å²) < 4.78 is 5.15. The summed E-state index contributed by atoms with van der Waals surface area (Å²) in [6.45, 7) is 9.47. The number of carbonyl (C=O) groups excluding carboxylic acids is 1. The van der Waals surface area contributed by atoms with Crippen LogP contribution in [0.2, 0.25) is 0 Å². The molecule has 0 aromatic rings. The molecule has 1 amide bonds. The van der Waals surface area contributed by atoms with E-state index >= 15 is 0 Å². The lowest BCUT2D eigenvalue weighted by Crippen LogP contribution is -2.41. The van der Waals surface area contributed by atoms with E-state index in [1.165, 1.54) is 0 Å². The maximum absolute atomic E-state index is 11.7. The number of nitrogens with two attached hydrogens (primary N) is 1. The van der Waals surface area contributed by atoms with Crippen LogP contribution in [0.1, 0.15) is 40.0 Å². The predicted molar refractivity (Wildman–Crippen MR) is 68.8 cm³/mol. The highest BCUT2D eigenvalue weighted by atomic mass is 16.6. The van der Waals surface area contributed by atoms with Gasteiger partial charge in [-0.15, -0.1) is 0 Å². The van der Waals surface area contributed by atoms with Gasteiger partial charge in [-0.05, 0) is 37.1 Å². The summed E-state index contributed by atoms with van der Waals surface area (Å²) in [6, 6.07) is 0. The molecule has 0 atom stereocenters. The van der Waals surface area contributed by atoms with Crippen molar-refractivity contribution in [3.05, 3.63) is 0 Å². The van der Waals surface area contributed by atoms with E-state index in [2.05, 4.69) is 20.8 Å². The van der Waals surface area contributed by atoms with Gasteiger partial charge in [-0.2, -0.15) is 0 Å². The Hall–Kier alpha value is -0.770. The van der Waals surface area contributed by atoms with E-state index < -0.39 is 0 Å². The van der Waals surface area contributed by atoms with Crippen molar-refractivity contribution in [1.29, 1.82) is 0 Å². The van der Waals surface area contributed by atoms with Gasteiger partial charge in [-0.25, -0.2) is 4.79 Å². The van der Waals surface area contributed by atoms with Crippen LogP contribution in [0, 0.1) is 11.3 Å². The zero-order valence-electron chi connectivity index (χ0n) is 11.4. The maximum Gasteiger partial charge on any atom is 0.409 e. The lowest BCUT2D eigenvalue weighted by molar-refractivity contribution is 0.0703. The fraction of sp³-hybridized carbons (Fsp3) is 0.923. The molecule has 0 unspecified atom stereocenters. The van der Waals surface area contributed by atoms with Crippen molar-refractivity contribution in [3.8, 4) is 0 Å². The molecule has 17 heavy (non-hydrogen) atoms. The summed E-state index contributed by atoms with van der Waals surface area (Å²) in [7, 11) is 0. The fourth-order valence-corrected chi connectivity index (χ4v) is 2.26. The van der Waals surface area contributed by atoms with Gasteiger partial charge in [0.15, 0.2) is 0 Å². The molecular formula is C13H26N2O2. The third-order valence-corrected chi connectivity index (χ3v) is 3.55. The molecule has 1 fully saturated rings. The first-order valence-electron chi connectivity index (χ1n) is 6.57. The highest BCUT2D eigenvalue weighted by Crippen LogP contribution is 2.34. The van der Waals surface area contributed by atoms with E-state index in [-0.39, 0.29) is 6.09 Å². The van der Waals surface area contributed by atoms with Crippen molar-refractivity contribution >= 4 is 6.09 Å². The smallest absolute Gasteiger partial charge is 0.409 e. The average Bonchev–Trinajstić information content (AvgIpc) is 2.28. The van der Waals surface area contributed by atoms with Crippen molar-refractivity contribution in [3.63, 3.8) is 0 Å². The number of nitrogens with zero attached hydrogens (tertiary/aromatic N) is 1. The largest absolute Gasteiger partial charge is 0.449 e. The summed E-state index contributed by atoms with van der Waals surface area (Å²) in [5.41, 5.74) is 5.70. The molecule has 4 nitrogen and oxygen atoms in total. The third kappa shape index (κ3) is 4.54. The Balaban J connectivity index is 2.29. The third-order valence-electron chi connectivity index (χ3n) is 3.55. The number of rotatable bonds is 3. The number of hydrogen-bond donors (Lipinski definition) is 1. The van der Waals surface area contributed by atoms with Gasteiger partial charge in [-0.1, -0.05) is 20.8 Å². The van der Waals surface area contributed by atoms with Crippen molar-refractivity contribution < 1.29 is 9.53 Å². The second-order valence-electron chi connectivity index (χ2n) is 5.88. The Morgan fingerprint density at radius 2 is 1.94 bits per heavy atom. The van der Waals surface area contributed by atoms with E-state index in [4.69, 9.17) is 10.5 Å². The molecule has 1 aliphatic rings. The van der Waals surface area contributed by atoms with E-state index in [1.807, 2.05) is 4.90 Å². The normalized spacial score (nSPS) is 18.2. The minimum atomic E-state index is -0.175. The van der Waals surface area contributed by atoms with Crippen LogP contribution >= 0.6 is 0 Å². The second kappa shape index (κ2) is 6.24. The molecular weight excluding hydrogens is 216 g/mol. The van der Waals surface area contributed by atoms with Crippen molar-refractivity contribution in [2.75, 3.05) is 26.2 Å². The summed E-state index contributed by atoms with van der Waals surface area (Å²) in [6.07, 6.45) is 2.72. The van der Waals surface area contributed by atoms with E-state index in [1.54, 1.807) is 0 Å². The van der Waals surface area contributed by atoms with Crippen LogP contribution < -0.4 is 5.73 Å². The molecule has 2 N–H and O–H groups in total. The van der Waals surface area contributed by atoms with Crippen LogP contribution in [-0.2, 0) is 4.74 Å². The van der Waals surface area contributed by atoms with Gasteiger partial charge >= 0.3 is 6.09 Å². The predicted octanol–water partition coefficient (Wildman–Crippen LogP) is 2.23. The molecule has 1 heterocycles. The van der Waals surface area contributed by atoms with Gasteiger partial charge in [0.05, 0.1) is 6.61 Å². The number of hydrogen-bond acceptors (Lipinski definition) is 3. The quantitative estimate of drug-likeness (QED) is 0.772. The second-order valence-corrected chi connectivity index (χ2v) is 5.88. The van der Waals surface area contributed by atoms with Gasteiger partial charge in [-0.3, -0.25) is 0 Å². The number of piperidine rings is 1. The first kappa shape index (κ1) is 14.3. The summed E-state index contributed by atoms with van der Waals surface area (Å²) in [5, 5.41) is 0. The summed E-state index contributed by atoms with van der Waals surface area (Å²) >= 11 is 0. The Morgan fingerprint density at radius 1 is 1.35 bits per heavy atom. The minimum Gasteiger partial charge on any atom is -0.449 e. The molecule has 0 saturated carbocycles. The molecule has 4 heteroatoms. The molecule has 1 saturated heterocycles. The van der Waals surface area contributed by atoms with Crippen molar-refractivity contribution in [1.82, 2.24) is 4.90 Å². The molecule has 0 radical (unpaired) electrons. The molecule has 0 aromatic heterocycles. The fourth-order valence-electron chi connectivity index (χ4n) is 2.26. The monoisotopic (exact) mass is 242 g/mol. The van der Waals surface area contributed by atoms with Gasteiger partial charge in [0.2, 0.25) is 0 Å². The molecule has 0 bridgehead atoms. The van der Waals surface area contributed by atoms with Crippen LogP contribution in [-0.4, -0.2) is 37.2 Å². The van der Waals surface area contributed by atoms with Gasteiger partial charge in [0, 0.05) is 13.1 Å². The number of carbonyl (C=O) groups is 1. The lowest BCUT2D eigenvalue weighted by atomic mass is 9.75. The van der Waals surface area contributed by atoms with Crippen LogP contribution in [0.4, 0.5) is 4.79 Å². The molecule has 100 valence electrons.